The lowest BCUT2D eigenvalue weighted by molar-refractivity contribution is 0.426. The number of rotatable bonds is 3. The van der Waals surface area contributed by atoms with Crippen molar-refractivity contribution in [3.8, 4) is 0 Å². The van der Waals surface area contributed by atoms with E-state index < -0.39 is 0 Å². The molecule has 0 spiro atoms. The maximum absolute atomic E-state index is 4.21. The summed E-state index contributed by atoms with van der Waals surface area (Å²) >= 11 is 0. The van der Waals surface area contributed by atoms with Gasteiger partial charge >= 0.3 is 0 Å². The van der Waals surface area contributed by atoms with Gasteiger partial charge in [0.05, 0.1) is 0 Å². The molecule has 1 aromatic rings. The zero-order valence-electron chi connectivity index (χ0n) is 8.46. The summed E-state index contributed by atoms with van der Waals surface area (Å²) in [7, 11) is 0. The van der Waals surface area contributed by atoms with E-state index in [0.29, 0.717) is 5.41 Å². The van der Waals surface area contributed by atoms with E-state index in [9.17, 15) is 0 Å². The van der Waals surface area contributed by atoms with Crippen molar-refractivity contribution in [1.29, 1.82) is 0 Å². The van der Waals surface area contributed by atoms with Crippen molar-refractivity contribution in [2.75, 3.05) is 0 Å². The van der Waals surface area contributed by atoms with Crippen LogP contribution in [-0.4, -0.2) is 4.98 Å². The van der Waals surface area contributed by atoms with Crippen molar-refractivity contribution < 1.29 is 0 Å². The highest BCUT2D eigenvalue weighted by Crippen LogP contribution is 2.54. The molecule has 2 rings (SSSR count). The largest absolute Gasteiger partial charge is 0.264 e. The number of hydrogen-bond acceptors (Lipinski definition) is 1. The Balaban J connectivity index is 2.26. The van der Waals surface area contributed by atoms with E-state index in [-0.39, 0.29) is 0 Å². The van der Waals surface area contributed by atoms with Crippen LogP contribution in [0.1, 0.15) is 38.7 Å². The predicted octanol–water partition coefficient (Wildman–Crippen LogP) is 3.16. The second kappa shape index (κ2) is 3.13. The zero-order chi connectivity index (χ0) is 9.31. The summed E-state index contributed by atoms with van der Waals surface area (Å²) < 4.78 is 0. The summed E-state index contributed by atoms with van der Waals surface area (Å²) in [6.07, 6.45) is 7.88. The summed E-state index contributed by atoms with van der Waals surface area (Å²) in [6, 6.07) is 4.28. The average molecular weight is 175 g/mol. The van der Waals surface area contributed by atoms with Crippen LogP contribution in [0.4, 0.5) is 0 Å². The van der Waals surface area contributed by atoms with E-state index in [1.54, 1.807) is 0 Å². The molecule has 0 saturated heterocycles. The Kier molecular flexibility index (Phi) is 2.10. The molecule has 0 amide bonds. The second-order valence-corrected chi connectivity index (χ2v) is 4.21. The first-order valence-corrected chi connectivity index (χ1v) is 5.20. The van der Waals surface area contributed by atoms with Crippen molar-refractivity contribution in [2.45, 2.75) is 38.5 Å². The Morgan fingerprint density at radius 2 is 2.31 bits per heavy atom. The molecule has 0 aliphatic heterocycles. The number of aromatic nitrogens is 1. The molecule has 1 heteroatoms. The molecule has 1 aliphatic carbocycles. The van der Waals surface area contributed by atoms with Gasteiger partial charge in [0.2, 0.25) is 0 Å². The quantitative estimate of drug-likeness (QED) is 0.687. The Bertz CT molecular complexity index is 274. The second-order valence-electron chi connectivity index (χ2n) is 4.21. The van der Waals surface area contributed by atoms with E-state index in [0.717, 1.165) is 5.92 Å². The van der Waals surface area contributed by atoms with Gasteiger partial charge in [-0.15, -0.1) is 0 Å². The van der Waals surface area contributed by atoms with Gasteiger partial charge in [-0.05, 0) is 35.8 Å². The van der Waals surface area contributed by atoms with E-state index in [1.807, 2.05) is 12.4 Å². The molecule has 1 fully saturated rings. The normalized spacial score (nSPS) is 21.1. The van der Waals surface area contributed by atoms with Gasteiger partial charge in [0.1, 0.15) is 0 Å². The van der Waals surface area contributed by atoms with Gasteiger partial charge in [0.15, 0.2) is 0 Å². The minimum absolute atomic E-state index is 0.489. The Morgan fingerprint density at radius 3 is 2.77 bits per heavy atom. The summed E-state index contributed by atoms with van der Waals surface area (Å²) in [6.45, 7) is 4.64. The smallest absolute Gasteiger partial charge is 0.0305 e. The van der Waals surface area contributed by atoms with E-state index in [4.69, 9.17) is 0 Å². The molecule has 0 N–H and O–H groups in total. The van der Waals surface area contributed by atoms with Crippen LogP contribution in [0.25, 0.3) is 0 Å². The van der Waals surface area contributed by atoms with Crippen LogP contribution >= 0.6 is 0 Å². The van der Waals surface area contributed by atoms with E-state index in [1.165, 1.54) is 24.8 Å². The SMILES string of the molecule is CCC(C)C1(c2cccnc2)CC1. The first kappa shape index (κ1) is 8.74. The molecule has 1 unspecified atom stereocenters. The summed E-state index contributed by atoms with van der Waals surface area (Å²) in [5.74, 6) is 0.802. The van der Waals surface area contributed by atoms with Crippen molar-refractivity contribution >= 4 is 0 Å². The summed E-state index contributed by atoms with van der Waals surface area (Å²) in [5, 5.41) is 0. The molecule has 70 valence electrons. The predicted molar refractivity (Wildman–Crippen MR) is 54.6 cm³/mol. The minimum Gasteiger partial charge on any atom is -0.264 e. The molecule has 0 aromatic carbocycles. The third-order valence-electron chi connectivity index (χ3n) is 3.58. The van der Waals surface area contributed by atoms with Crippen molar-refractivity contribution in [3.05, 3.63) is 30.1 Å². The monoisotopic (exact) mass is 175 g/mol. The minimum atomic E-state index is 0.489. The van der Waals surface area contributed by atoms with Crippen LogP contribution in [0, 0.1) is 5.92 Å². The van der Waals surface area contributed by atoms with E-state index >= 15 is 0 Å². The maximum Gasteiger partial charge on any atom is 0.0305 e. The lowest BCUT2D eigenvalue weighted by Crippen LogP contribution is -2.16. The van der Waals surface area contributed by atoms with Gasteiger partial charge in [0.25, 0.3) is 0 Å². The highest BCUT2D eigenvalue weighted by atomic mass is 14.6. The number of hydrogen-bond donors (Lipinski definition) is 0. The molecular weight excluding hydrogens is 158 g/mol. The maximum atomic E-state index is 4.21. The first-order chi connectivity index (χ1) is 6.29. The van der Waals surface area contributed by atoms with Crippen molar-refractivity contribution in [3.63, 3.8) is 0 Å². The topological polar surface area (TPSA) is 12.9 Å². The van der Waals surface area contributed by atoms with Crippen LogP contribution in [0.5, 0.6) is 0 Å². The van der Waals surface area contributed by atoms with Gasteiger partial charge in [-0.25, -0.2) is 0 Å². The fourth-order valence-corrected chi connectivity index (χ4v) is 2.25. The van der Waals surface area contributed by atoms with Crippen LogP contribution in [0.15, 0.2) is 24.5 Å². The molecule has 0 bridgehead atoms. The van der Waals surface area contributed by atoms with E-state index in [2.05, 4.69) is 31.0 Å². The third-order valence-corrected chi connectivity index (χ3v) is 3.58. The highest BCUT2D eigenvalue weighted by Gasteiger charge is 2.47. The Hall–Kier alpha value is -0.850. The van der Waals surface area contributed by atoms with Crippen molar-refractivity contribution in [2.24, 2.45) is 5.92 Å². The van der Waals surface area contributed by atoms with Crippen LogP contribution in [-0.2, 0) is 5.41 Å². The number of nitrogens with zero attached hydrogens (tertiary/aromatic N) is 1. The Labute approximate surface area is 80.2 Å². The van der Waals surface area contributed by atoms with Gasteiger partial charge in [-0.1, -0.05) is 26.3 Å². The molecular formula is C12H17N. The molecule has 13 heavy (non-hydrogen) atoms. The van der Waals surface area contributed by atoms with Crippen molar-refractivity contribution in [1.82, 2.24) is 4.98 Å². The fraction of sp³-hybridized carbons (Fsp3) is 0.583. The molecule has 1 aliphatic rings. The van der Waals surface area contributed by atoms with Gasteiger partial charge < -0.3 is 0 Å². The fourth-order valence-electron chi connectivity index (χ4n) is 2.25. The van der Waals surface area contributed by atoms with Gasteiger partial charge in [-0.2, -0.15) is 0 Å². The van der Waals surface area contributed by atoms with Gasteiger partial charge in [0, 0.05) is 12.4 Å². The molecule has 1 saturated carbocycles. The van der Waals surface area contributed by atoms with Gasteiger partial charge in [-0.3, -0.25) is 4.98 Å². The zero-order valence-corrected chi connectivity index (χ0v) is 8.46. The molecule has 0 radical (unpaired) electrons. The molecule has 1 aromatic heterocycles. The first-order valence-electron chi connectivity index (χ1n) is 5.20. The van der Waals surface area contributed by atoms with Crippen LogP contribution in [0.3, 0.4) is 0 Å². The Morgan fingerprint density at radius 1 is 1.54 bits per heavy atom. The summed E-state index contributed by atoms with van der Waals surface area (Å²) in [5.41, 5.74) is 1.94. The lowest BCUT2D eigenvalue weighted by Gasteiger charge is -2.21. The third kappa shape index (κ3) is 1.37. The van der Waals surface area contributed by atoms with Crippen LogP contribution < -0.4 is 0 Å². The molecule has 1 nitrogen and oxygen atoms in total. The standard InChI is InChI=1S/C12H17N/c1-3-10(2)12(6-7-12)11-5-4-8-13-9-11/h4-5,8-10H,3,6-7H2,1-2H3. The highest BCUT2D eigenvalue weighted by molar-refractivity contribution is 5.29. The molecule has 1 atom stereocenters. The molecule has 1 heterocycles. The summed E-state index contributed by atoms with van der Waals surface area (Å²) in [4.78, 5) is 4.21. The lowest BCUT2D eigenvalue weighted by atomic mass is 9.83. The number of pyridine rings is 1. The average Bonchev–Trinajstić information content (AvgIpc) is 2.99. The van der Waals surface area contributed by atoms with Crippen LogP contribution in [0.2, 0.25) is 0 Å².